The third kappa shape index (κ3) is 1.36. The summed E-state index contributed by atoms with van der Waals surface area (Å²) in [5.41, 5.74) is 1.38. The summed E-state index contributed by atoms with van der Waals surface area (Å²) in [6.07, 6.45) is 1.33. The van der Waals surface area contributed by atoms with Gasteiger partial charge in [0.2, 0.25) is 5.90 Å². The molecule has 0 saturated heterocycles. The number of rotatable bonds is 1. The molecule has 0 unspecified atom stereocenters. The van der Waals surface area contributed by atoms with Crippen molar-refractivity contribution in [1.82, 2.24) is 0 Å². The quantitative estimate of drug-likeness (QED) is 0.656. The van der Waals surface area contributed by atoms with Crippen molar-refractivity contribution in [2.75, 3.05) is 0 Å². The zero-order valence-electron chi connectivity index (χ0n) is 6.78. The molecule has 1 aliphatic rings. The Balaban J connectivity index is 2.43. The van der Waals surface area contributed by atoms with E-state index in [0.717, 1.165) is 5.56 Å². The van der Waals surface area contributed by atoms with Crippen LogP contribution in [-0.4, -0.2) is 11.9 Å². The van der Waals surface area contributed by atoms with Crippen molar-refractivity contribution in [2.45, 2.75) is 0 Å². The van der Waals surface area contributed by atoms with Gasteiger partial charge in [-0.25, -0.2) is 4.79 Å². The van der Waals surface area contributed by atoms with Crippen LogP contribution in [0.2, 0.25) is 0 Å². The normalized spacial score (nSPS) is 15.5. The first-order valence-corrected chi connectivity index (χ1v) is 3.85. The van der Waals surface area contributed by atoms with Crippen LogP contribution in [0.25, 0.3) is 5.57 Å². The summed E-state index contributed by atoms with van der Waals surface area (Å²) in [6.45, 7) is 0. The predicted molar refractivity (Wildman–Crippen MR) is 48.2 cm³/mol. The summed E-state index contributed by atoms with van der Waals surface area (Å²) < 4.78 is 4.58. The molecule has 3 heteroatoms. The highest BCUT2D eigenvalue weighted by Gasteiger charge is 2.20. The zero-order valence-corrected chi connectivity index (χ0v) is 6.78. The molecule has 1 aromatic rings. The van der Waals surface area contributed by atoms with Gasteiger partial charge in [-0.2, -0.15) is 0 Å². The van der Waals surface area contributed by atoms with Crippen LogP contribution in [-0.2, 0) is 9.53 Å². The molecule has 0 spiro atoms. The summed E-state index contributed by atoms with van der Waals surface area (Å²) in [5.74, 6) is -0.542. The number of nitrogens with one attached hydrogen (secondary N) is 1. The molecular weight excluding hydrogens is 166 g/mol. The standard InChI is InChI=1S/C10H7NO2/c11-10-8(6-9(12)13-10)7-4-2-1-3-5-7/h1-6,11H. The van der Waals surface area contributed by atoms with E-state index in [4.69, 9.17) is 5.41 Å². The first-order valence-electron chi connectivity index (χ1n) is 3.85. The van der Waals surface area contributed by atoms with Crippen molar-refractivity contribution < 1.29 is 9.53 Å². The molecule has 0 aromatic heterocycles. The van der Waals surface area contributed by atoms with Crippen molar-refractivity contribution in [2.24, 2.45) is 0 Å². The van der Waals surface area contributed by atoms with Crippen LogP contribution in [0, 0.1) is 5.41 Å². The highest BCUT2D eigenvalue weighted by atomic mass is 16.5. The van der Waals surface area contributed by atoms with Crippen molar-refractivity contribution >= 4 is 17.4 Å². The average Bonchev–Trinajstić information content (AvgIpc) is 2.47. The number of cyclic esters (lactones) is 1. The summed E-state index contributed by atoms with van der Waals surface area (Å²) in [5, 5.41) is 7.36. The zero-order chi connectivity index (χ0) is 9.26. The Labute approximate surface area is 75.2 Å². The molecule has 3 nitrogen and oxygen atoms in total. The van der Waals surface area contributed by atoms with Gasteiger partial charge in [0.15, 0.2) is 0 Å². The number of ether oxygens (including phenoxy) is 1. The lowest BCUT2D eigenvalue weighted by Gasteiger charge is -1.99. The minimum atomic E-state index is -0.469. The second-order valence-electron chi connectivity index (χ2n) is 2.67. The maximum absolute atomic E-state index is 10.8. The molecule has 1 heterocycles. The first-order chi connectivity index (χ1) is 6.27. The van der Waals surface area contributed by atoms with Gasteiger partial charge in [-0.05, 0) is 5.56 Å². The van der Waals surface area contributed by atoms with Crippen LogP contribution < -0.4 is 0 Å². The minimum absolute atomic E-state index is 0.0730. The predicted octanol–water partition coefficient (Wildman–Crippen LogP) is 1.60. The van der Waals surface area contributed by atoms with Gasteiger partial charge in [0.05, 0.1) is 5.57 Å². The molecule has 0 atom stereocenters. The van der Waals surface area contributed by atoms with Gasteiger partial charge < -0.3 is 4.74 Å². The fourth-order valence-corrected chi connectivity index (χ4v) is 1.20. The van der Waals surface area contributed by atoms with Crippen LogP contribution in [0.15, 0.2) is 36.4 Å². The lowest BCUT2D eigenvalue weighted by Crippen LogP contribution is -2.00. The molecule has 0 aliphatic carbocycles. The van der Waals surface area contributed by atoms with Gasteiger partial charge in [-0.15, -0.1) is 0 Å². The molecule has 2 rings (SSSR count). The fraction of sp³-hybridized carbons (Fsp3) is 0. The van der Waals surface area contributed by atoms with Crippen LogP contribution in [0.1, 0.15) is 5.56 Å². The maximum Gasteiger partial charge on any atom is 0.338 e. The van der Waals surface area contributed by atoms with E-state index in [2.05, 4.69) is 4.74 Å². The number of benzene rings is 1. The maximum atomic E-state index is 10.8. The number of carbonyl (C=O) groups is 1. The Bertz CT molecular complexity index is 393. The highest BCUT2D eigenvalue weighted by molar-refractivity contribution is 6.29. The van der Waals surface area contributed by atoms with Crippen LogP contribution in [0.5, 0.6) is 0 Å². The first kappa shape index (κ1) is 7.73. The van der Waals surface area contributed by atoms with E-state index < -0.39 is 5.97 Å². The molecule has 1 N–H and O–H groups in total. The van der Waals surface area contributed by atoms with Crippen molar-refractivity contribution in [3.8, 4) is 0 Å². The molecule has 0 fully saturated rings. The monoisotopic (exact) mass is 173 g/mol. The van der Waals surface area contributed by atoms with E-state index >= 15 is 0 Å². The summed E-state index contributed by atoms with van der Waals surface area (Å²) in [4.78, 5) is 10.8. The molecule has 1 aromatic carbocycles. The second kappa shape index (κ2) is 2.86. The lowest BCUT2D eigenvalue weighted by atomic mass is 10.1. The van der Waals surface area contributed by atoms with Gasteiger partial charge in [-0.1, -0.05) is 30.3 Å². The van der Waals surface area contributed by atoms with Crippen LogP contribution in [0.3, 0.4) is 0 Å². The van der Waals surface area contributed by atoms with Gasteiger partial charge >= 0.3 is 5.97 Å². The molecule has 0 amide bonds. The molecule has 0 saturated carbocycles. The largest absolute Gasteiger partial charge is 0.404 e. The molecule has 13 heavy (non-hydrogen) atoms. The third-order valence-corrected chi connectivity index (χ3v) is 1.79. The minimum Gasteiger partial charge on any atom is -0.404 e. The van der Waals surface area contributed by atoms with Gasteiger partial charge in [0.1, 0.15) is 0 Å². The Hall–Kier alpha value is -1.90. The highest BCUT2D eigenvalue weighted by Crippen LogP contribution is 2.20. The number of hydrogen-bond donors (Lipinski definition) is 1. The molecular formula is C10H7NO2. The SMILES string of the molecule is N=C1OC(=O)C=C1c1ccccc1. The molecule has 64 valence electrons. The van der Waals surface area contributed by atoms with E-state index in [1.807, 2.05) is 30.3 Å². The van der Waals surface area contributed by atoms with Crippen LogP contribution >= 0.6 is 0 Å². The molecule has 0 radical (unpaired) electrons. The Morgan fingerprint density at radius 1 is 1.15 bits per heavy atom. The van der Waals surface area contributed by atoms with Gasteiger partial charge in [-0.3, -0.25) is 5.41 Å². The summed E-state index contributed by atoms with van der Waals surface area (Å²) in [7, 11) is 0. The molecule has 0 bridgehead atoms. The van der Waals surface area contributed by atoms with E-state index in [1.54, 1.807) is 0 Å². The smallest absolute Gasteiger partial charge is 0.338 e. The molecule has 1 aliphatic heterocycles. The van der Waals surface area contributed by atoms with E-state index in [0.29, 0.717) is 5.57 Å². The van der Waals surface area contributed by atoms with E-state index in [1.165, 1.54) is 6.08 Å². The summed E-state index contributed by atoms with van der Waals surface area (Å²) >= 11 is 0. The van der Waals surface area contributed by atoms with Crippen LogP contribution in [0.4, 0.5) is 0 Å². The van der Waals surface area contributed by atoms with Gasteiger partial charge in [0.25, 0.3) is 0 Å². The third-order valence-electron chi connectivity index (χ3n) is 1.79. The second-order valence-corrected chi connectivity index (χ2v) is 2.67. The van der Waals surface area contributed by atoms with Crippen molar-refractivity contribution in [3.63, 3.8) is 0 Å². The number of esters is 1. The number of hydrogen-bond acceptors (Lipinski definition) is 3. The Morgan fingerprint density at radius 2 is 1.85 bits per heavy atom. The van der Waals surface area contributed by atoms with Crippen molar-refractivity contribution in [1.29, 1.82) is 5.41 Å². The Kier molecular flexibility index (Phi) is 1.70. The summed E-state index contributed by atoms with van der Waals surface area (Å²) in [6, 6.07) is 9.26. The van der Waals surface area contributed by atoms with Gasteiger partial charge in [0, 0.05) is 6.08 Å². The number of carbonyl (C=O) groups excluding carboxylic acids is 1. The Morgan fingerprint density at radius 3 is 2.38 bits per heavy atom. The average molecular weight is 173 g/mol. The van der Waals surface area contributed by atoms with E-state index in [9.17, 15) is 4.79 Å². The van der Waals surface area contributed by atoms with E-state index in [-0.39, 0.29) is 5.90 Å². The van der Waals surface area contributed by atoms with Crippen molar-refractivity contribution in [3.05, 3.63) is 42.0 Å². The topological polar surface area (TPSA) is 50.1 Å². The fourth-order valence-electron chi connectivity index (χ4n) is 1.20. The lowest BCUT2D eigenvalue weighted by molar-refractivity contribution is -0.129.